The van der Waals surface area contributed by atoms with Crippen LogP contribution in [0.5, 0.6) is 0 Å². The molecule has 0 amide bonds. The number of nitro groups is 1. The summed E-state index contributed by atoms with van der Waals surface area (Å²) in [6, 6.07) is 28.1. The molecule has 0 saturated heterocycles. The van der Waals surface area contributed by atoms with Crippen LogP contribution < -0.4 is 0 Å². The molecule has 3 aromatic heterocycles. The Morgan fingerprint density at radius 2 is 0.864 bits per heavy atom. The molecule has 2 N–H and O–H groups in total. The summed E-state index contributed by atoms with van der Waals surface area (Å²) in [6.45, 7) is 0. The van der Waals surface area contributed by atoms with Crippen LogP contribution in [0.1, 0.15) is 0 Å². The number of aromatic amines is 2. The second-order valence-electron chi connectivity index (χ2n) is 10.2. The number of nitrogens with one attached hydrogen (secondary N) is 2. The van der Waals surface area contributed by atoms with E-state index in [-0.39, 0.29) is 33.7 Å². The molecule has 7 aromatic rings. The smallest absolute Gasteiger partial charge is 0.324 e. The maximum absolute atomic E-state index is 12.1. The van der Waals surface area contributed by atoms with Crippen molar-refractivity contribution in [3.63, 3.8) is 0 Å². The molecule has 8 bridgehead atoms. The van der Waals surface area contributed by atoms with E-state index in [1.807, 2.05) is 72.8 Å². The van der Waals surface area contributed by atoms with E-state index in [1.165, 1.54) is 6.07 Å². The summed E-state index contributed by atoms with van der Waals surface area (Å²) in [7, 11) is 0. The number of rotatable bonds is 1. The van der Waals surface area contributed by atoms with Crippen LogP contribution in [0.3, 0.4) is 0 Å². The summed E-state index contributed by atoms with van der Waals surface area (Å²) in [5.74, 6) is 1.78. The average Bonchev–Trinajstić information content (AvgIpc) is 3.76. The van der Waals surface area contributed by atoms with Crippen molar-refractivity contribution >= 4 is 49.8 Å². The van der Waals surface area contributed by atoms with Gasteiger partial charge in [0.1, 0.15) is 28.0 Å². The maximum Gasteiger partial charge on any atom is 1.00 e. The first-order chi connectivity index (χ1) is 21.1. The zero-order valence-electron chi connectivity index (χ0n) is 22.4. The van der Waals surface area contributed by atoms with Gasteiger partial charge in [0.15, 0.2) is 23.3 Å². The molecular formula is C32H17AgN9O2+. The van der Waals surface area contributed by atoms with Crippen molar-refractivity contribution in [1.29, 1.82) is 0 Å². The molecule has 5 heterocycles. The molecule has 44 heavy (non-hydrogen) atoms. The van der Waals surface area contributed by atoms with Crippen molar-refractivity contribution < 1.29 is 27.3 Å². The number of nitrogens with zero attached hydrogens (tertiary/aromatic N) is 7. The van der Waals surface area contributed by atoms with Crippen LogP contribution in [0.2, 0.25) is 0 Å². The first kappa shape index (κ1) is 26.0. The number of benzene rings is 4. The number of hydrogen-bond donors (Lipinski definition) is 2. The van der Waals surface area contributed by atoms with Crippen molar-refractivity contribution in [2.75, 3.05) is 0 Å². The van der Waals surface area contributed by atoms with Crippen molar-refractivity contribution in [2.24, 2.45) is 0 Å². The molecular weight excluding hydrogens is 650 g/mol. The predicted octanol–water partition coefficient (Wildman–Crippen LogP) is 6.77. The molecule has 11 nitrogen and oxygen atoms in total. The zero-order chi connectivity index (χ0) is 28.7. The third-order valence-corrected chi connectivity index (χ3v) is 7.75. The van der Waals surface area contributed by atoms with E-state index in [0.29, 0.717) is 51.0 Å². The summed E-state index contributed by atoms with van der Waals surface area (Å²) in [5, 5.41) is 14.8. The van der Waals surface area contributed by atoms with Gasteiger partial charge in [-0.25, -0.2) is 29.9 Å². The average molecular weight is 667 g/mol. The van der Waals surface area contributed by atoms with E-state index in [0.717, 1.165) is 33.0 Å². The van der Waals surface area contributed by atoms with Crippen LogP contribution in [0.15, 0.2) is 91.0 Å². The van der Waals surface area contributed by atoms with Gasteiger partial charge in [0.05, 0.1) is 4.92 Å². The quantitative estimate of drug-likeness (QED) is 0.111. The minimum absolute atomic E-state index is 0. The Kier molecular flexibility index (Phi) is 5.75. The van der Waals surface area contributed by atoms with Gasteiger partial charge < -0.3 is 9.97 Å². The number of nitro benzene ring substituents is 1. The molecule has 0 fully saturated rings. The fraction of sp³-hybridized carbons (Fsp3) is 0. The molecule has 9 rings (SSSR count). The molecule has 0 radical (unpaired) electrons. The maximum atomic E-state index is 12.1. The summed E-state index contributed by atoms with van der Waals surface area (Å²) >= 11 is 0. The Bertz CT molecular complexity index is 2520. The third-order valence-electron chi connectivity index (χ3n) is 7.75. The normalized spacial score (nSPS) is 11.6. The van der Waals surface area contributed by atoms with Gasteiger partial charge >= 0.3 is 22.4 Å². The van der Waals surface area contributed by atoms with Crippen LogP contribution in [-0.4, -0.2) is 44.8 Å². The van der Waals surface area contributed by atoms with Gasteiger partial charge in [-0.1, -0.05) is 84.9 Å². The van der Waals surface area contributed by atoms with E-state index in [1.54, 1.807) is 12.1 Å². The number of H-pyrrole nitrogens is 2. The summed E-state index contributed by atoms with van der Waals surface area (Å²) < 4.78 is 0. The number of non-ortho nitro benzene ring substituents is 1. The predicted molar refractivity (Wildman–Crippen MR) is 163 cm³/mol. The fourth-order valence-electron chi connectivity index (χ4n) is 5.82. The molecule has 0 unspecified atom stereocenters. The van der Waals surface area contributed by atoms with Gasteiger partial charge in [0.25, 0.3) is 5.69 Å². The minimum Gasteiger partial charge on any atom is -0.324 e. The Labute approximate surface area is 262 Å². The van der Waals surface area contributed by atoms with Crippen LogP contribution in [0, 0.1) is 10.1 Å². The van der Waals surface area contributed by atoms with Gasteiger partial charge in [-0.3, -0.25) is 10.1 Å². The molecule has 0 saturated carbocycles. The minimum atomic E-state index is -0.417. The Morgan fingerprint density at radius 3 is 1.34 bits per heavy atom. The summed E-state index contributed by atoms with van der Waals surface area (Å²) in [4.78, 5) is 47.7. The van der Waals surface area contributed by atoms with Gasteiger partial charge in [-0.2, -0.15) is 0 Å². The van der Waals surface area contributed by atoms with Gasteiger partial charge in [-0.05, 0) is 0 Å². The van der Waals surface area contributed by atoms with Crippen molar-refractivity contribution in [1.82, 2.24) is 39.9 Å². The Hall–Kier alpha value is -5.62. The molecule has 12 heteroatoms. The van der Waals surface area contributed by atoms with Crippen molar-refractivity contribution in [2.45, 2.75) is 0 Å². The molecule has 0 spiro atoms. The van der Waals surface area contributed by atoms with Crippen LogP contribution >= 0.6 is 0 Å². The van der Waals surface area contributed by atoms with E-state index >= 15 is 0 Å². The van der Waals surface area contributed by atoms with Gasteiger partial charge in [0.2, 0.25) is 0 Å². The number of aromatic nitrogens is 8. The third kappa shape index (κ3) is 3.81. The van der Waals surface area contributed by atoms with Crippen LogP contribution in [0.25, 0.3) is 89.7 Å². The molecule has 2 aliphatic rings. The van der Waals surface area contributed by atoms with Crippen LogP contribution in [-0.2, 0) is 22.4 Å². The Balaban J connectivity index is 0.00000289. The second kappa shape index (κ2) is 9.71. The van der Waals surface area contributed by atoms with E-state index < -0.39 is 4.92 Å². The molecule has 212 valence electrons. The summed E-state index contributed by atoms with van der Waals surface area (Å²) in [5.41, 5.74) is 4.97. The first-order valence-corrected chi connectivity index (χ1v) is 13.5. The summed E-state index contributed by atoms with van der Waals surface area (Å²) in [6.07, 6.45) is 0. The number of fused-ring (bicyclic) bond motifs is 20. The topological polar surface area (TPSA) is 152 Å². The SMILES string of the molecule is O=[N+]([O-])c1cccc2c3nc4nc(nc5[nH]c(nc6nc(nc([nH]3)c12)-c1ccccc1-6)c1ccccc51)-c1ccccc1-4.[Ag+]. The van der Waals surface area contributed by atoms with Gasteiger partial charge in [-0.15, -0.1) is 0 Å². The van der Waals surface area contributed by atoms with E-state index in [4.69, 9.17) is 29.9 Å². The van der Waals surface area contributed by atoms with E-state index in [2.05, 4.69) is 9.97 Å². The molecule has 4 aromatic carbocycles. The second-order valence-corrected chi connectivity index (χ2v) is 10.2. The first-order valence-electron chi connectivity index (χ1n) is 13.5. The zero-order valence-corrected chi connectivity index (χ0v) is 23.9. The standard InChI is InChI=1S/C32H17N9O2.Ag/c42-41(43)23-15-7-14-22-24(23)32-39-30-21-13-6-5-12-20(21)28(37-30)35-26-17-9-2-1-8-16(17)25(33-26)34-27-18-10-3-4-11-19(18)29(36-27)38-31(22)40-32;/h1-15H,(H2,33,34,35,36,37,38,39,40);/q;+1. The number of hydrogen-bond acceptors (Lipinski definition) is 8. The monoisotopic (exact) mass is 666 g/mol. The largest absolute Gasteiger partial charge is 1.00 e. The van der Waals surface area contributed by atoms with Crippen LogP contribution in [0.4, 0.5) is 5.69 Å². The van der Waals surface area contributed by atoms with Crippen molar-refractivity contribution in [3.8, 4) is 45.6 Å². The Morgan fingerprint density at radius 1 is 0.477 bits per heavy atom. The molecule has 0 aliphatic carbocycles. The van der Waals surface area contributed by atoms with Gasteiger partial charge in [0, 0.05) is 44.5 Å². The molecule has 2 aliphatic heterocycles. The van der Waals surface area contributed by atoms with E-state index in [9.17, 15) is 10.1 Å². The van der Waals surface area contributed by atoms with Crippen molar-refractivity contribution in [3.05, 3.63) is 101 Å². The molecule has 0 atom stereocenters. The fourth-order valence-corrected chi connectivity index (χ4v) is 5.82.